The molecule has 1 aliphatic rings. The lowest BCUT2D eigenvalue weighted by Gasteiger charge is -2.23. The molecule has 0 fully saturated rings. The number of ether oxygens (including phenoxy) is 1. The van der Waals surface area contributed by atoms with E-state index in [2.05, 4.69) is 10.5 Å². The van der Waals surface area contributed by atoms with Gasteiger partial charge in [-0.1, -0.05) is 5.16 Å². The van der Waals surface area contributed by atoms with Gasteiger partial charge in [-0.25, -0.2) is 0 Å². The standard InChI is InChI=1S/C16H22N2O3/c1-10(15(19)17-16(2,3)4)21-12-6-7-13-11(9-12)5-8-14(13)18-20/h6-7,9-10,20H,5,8H2,1-4H3,(H,17,19)/b18-14+. The molecule has 1 unspecified atom stereocenters. The summed E-state index contributed by atoms with van der Waals surface area (Å²) < 4.78 is 5.70. The van der Waals surface area contributed by atoms with E-state index in [9.17, 15) is 4.79 Å². The van der Waals surface area contributed by atoms with Gasteiger partial charge < -0.3 is 15.3 Å². The highest BCUT2D eigenvalue weighted by atomic mass is 16.5. The Morgan fingerprint density at radius 2 is 2.10 bits per heavy atom. The van der Waals surface area contributed by atoms with Crippen molar-refractivity contribution < 1.29 is 14.7 Å². The van der Waals surface area contributed by atoms with Crippen molar-refractivity contribution in [3.63, 3.8) is 0 Å². The average Bonchev–Trinajstić information content (AvgIpc) is 2.78. The Morgan fingerprint density at radius 3 is 2.71 bits per heavy atom. The van der Waals surface area contributed by atoms with Crippen molar-refractivity contribution in [2.24, 2.45) is 5.16 Å². The second kappa shape index (κ2) is 5.76. The number of nitrogens with zero attached hydrogens (tertiary/aromatic N) is 1. The molecule has 2 N–H and O–H groups in total. The molecule has 0 aliphatic heterocycles. The minimum Gasteiger partial charge on any atom is -0.481 e. The molecule has 0 saturated carbocycles. The summed E-state index contributed by atoms with van der Waals surface area (Å²) in [5.74, 6) is 0.519. The summed E-state index contributed by atoms with van der Waals surface area (Å²) in [5.41, 5.74) is 2.47. The van der Waals surface area contributed by atoms with Gasteiger partial charge in [0.2, 0.25) is 0 Å². The van der Waals surface area contributed by atoms with Gasteiger partial charge in [0.25, 0.3) is 5.91 Å². The summed E-state index contributed by atoms with van der Waals surface area (Å²) >= 11 is 0. The maximum atomic E-state index is 12.0. The molecule has 1 aromatic carbocycles. The van der Waals surface area contributed by atoms with Crippen molar-refractivity contribution in [3.05, 3.63) is 29.3 Å². The second-order valence-electron chi connectivity index (χ2n) is 6.36. The van der Waals surface area contributed by atoms with Gasteiger partial charge in [0.1, 0.15) is 5.75 Å². The number of carbonyl (C=O) groups excluding carboxylic acids is 1. The van der Waals surface area contributed by atoms with Crippen LogP contribution in [0.2, 0.25) is 0 Å². The Morgan fingerprint density at radius 1 is 1.38 bits per heavy atom. The molecule has 0 radical (unpaired) electrons. The van der Waals surface area contributed by atoms with Crippen LogP contribution in [-0.4, -0.2) is 28.5 Å². The zero-order valence-electron chi connectivity index (χ0n) is 12.9. The molecule has 21 heavy (non-hydrogen) atoms. The third-order valence-electron chi connectivity index (χ3n) is 3.32. The molecule has 114 valence electrons. The predicted octanol–water partition coefficient (Wildman–Crippen LogP) is 2.49. The molecule has 0 heterocycles. The zero-order chi connectivity index (χ0) is 15.6. The first-order valence-corrected chi connectivity index (χ1v) is 7.13. The Bertz CT molecular complexity index is 573. The molecular weight excluding hydrogens is 268 g/mol. The fourth-order valence-corrected chi connectivity index (χ4v) is 2.35. The molecular formula is C16H22N2O3. The van der Waals surface area contributed by atoms with Crippen LogP contribution >= 0.6 is 0 Å². The van der Waals surface area contributed by atoms with Crippen LogP contribution in [0.3, 0.4) is 0 Å². The Balaban J connectivity index is 2.06. The summed E-state index contributed by atoms with van der Waals surface area (Å²) in [5, 5.41) is 15.1. The van der Waals surface area contributed by atoms with E-state index in [-0.39, 0.29) is 11.4 Å². The van der Waals surface area contributed by atoms with Gasteiger partial charge in [0.05, 0.1) is 5.71 Å². The lowest BCUT2D eigenvalue weighted by atomic mass is 10.1. The smallest absolute Gasteiger partial charge is 0.261 e. The van der Waals surface area contributed by atoms with E-state index >= 15 is 0 Å². The Kier molecular flexibility index (Phi) is 4.21. The number of fused-ring (bicyclic) bond motifs is 1. The molecule has 5 nitrogen and oxygen atoms in total. The molecule has 0 spiro atoms. The first-order chi connectivity index (χ1) is 9.80. The summed E-state index contributed by atoms with van der Waals surface area (Å²) in [6, 6.07) is 5.59. The van der Waals surface area contributed by atoms with E-state index in [4.69, 9.17) is 9.94 Å². The second-order valence-corrected chi connectivity index (χ2v) is 6.36. The first-order valence-electron chi connectivity index (χ1n) is 7.13. The normalized spacial score (nSPS) is 17.4. The number of oxime groups is 1. The average molecular weight is 290 g/mol. The highest BCUT2D eigenvalue weighted by Crippen LogP contribution is 2.27. The molecule has 1 atom stereocenters. The predicted molar refractivity (Wildman–Crippen MR) is 81.1 cm³/mol. The van der Waals surface area contributed by atoms with Gasteiger partial charge in [-0.3, -0.25) is 4.79 Å². The lowest BCUT2D eigenvalue weighted by molar-refractivity contribution is -0.128. The van der Waals surface area contributed by atoms with Crippen molar-refractivity contribution in [2.45, 2.75) is 52.2 Å². The van der Waals surface area contributed by atoms with Crippen LogP contribution in [0.4, 0.5) is 0 Å². The first kappa shape index (κ1) is 15.4. The lowest BCUT2D eigenvalue weighted by Crippen LogP contribution is -2.46. The van der Waals surface area contributed by atoms with E-state index in [1.54, 1.807) is 13.0 Å². The van der Waals surface area contributed by atoms with Gasteiger partial charge in [-0.15, -0.1) is 0 Å². The van der Waals surface area contributed by atoms with Gasteiger partial charge in [-0.2, -0.15) is 0 Å². The minimum atomic E-state index is -0.561. The van der Waals surface area contributed by atoms with E-state index in [1.165, 1.54) is 0 Å². The third-order valence-corrected chi connectivity index (χ3v) is 3.32. The molecule has 2 rings (SSSR count). The largest absolute Gasteiger partial charge is 0.481 e. The number of hydrogen-bond acceptors (Lipinski definition) is 4. The summed E-state index contributed by atoms with van der Waals surface area (Å²) in [6.45, 7) is 7.53. The van der Waals surface area contributed by atoms with Crippen LogP contribution < -0.4 is 10.1 Å². The number of carbonyl (C=O) groups is 1. The maximum Gasteiger partial charge on any atom is 0.261 e. The number of nitrogens with one attached hydrogen (secondary N) is 1. The quantitative estimate of drug-likeness (QED) is 0.663. The fourth-order valence-electron chi connectivity index (χ4n) is 2.35. The van der Waals surface area contributed by atoms with Crippen molar-refractivity contribution >= 4 is 11.6 Å². The number of rotatable bonds is 3. The van der Waals surface area contributed by atoms with E-state index in [0.717, 1.165) is 24.0 Å². The summed E-state index contributed by atoms with van der Waals surface area (Å²) in [6.07, 6.45) is 0.999. The van der Waals surface area contributed by atoms with E-state index in [0.29, 0.717) is 11.5 Å². The van der Waals surface area contributed by atoms with Crippen LogP contribution in [-0.2, 0) is 11.2 Å². The van der Waals surface area contributed by atoms with Gasteiger partial charge in [-0.05, 0) is 64.3 Å². The molecule has 0 saturated heterocycles. The topological polar surface area (TPSA) is 70.9 Å². The number of aryl methyl sites for hydroxylation is 1. The molecule has 1 aromatic rings. The minimum absolute atomic E-state index is 0.138. The Labute approximate surface area is 125 Å². The molecule has 0 bridgehead atoms. The van der Waals surface area contributed by atoms with Crippen LogP contribution in [0.1, 0.15) is 45.2 Å². The van der Waals surface area contributed by atoms with Gasteiger partial charge >= 0.3 is 0 Å². The molecule has 1 amide bonds. The van der Waals surface area contributed by atoms with Crippen LogP contribution in [0, 0.1) is 0 Å². The monoisotopic (exact) mass is 290 g/mol. The summed E-state index contributed by atoms with van der Waals surface area (Å²) in [4.78, 5) is 12.0. The van der Waals surface area contributed by atoms with Gasteiger partial charge in [0.15, 0.2) is 6.10 Å². The van der Waals surface area contributed by atoms with E-state index < -0.39 is 6.10 Å². The van der Waals surface area contributed by atoms with Crippen molar-refractivity contribution in [1.82, 2.24) is 5.32 Å². The maximum absolute atomic E-state index is 12.0. The Hall–Kier alpha value is -2.04. The van der Waals surface area contributed by atoms with Crippen molar-refractivity contribution in [1.29, 1.82) is 0 Å². The highest BCUT2D eigenvalue weighted by molar-refractivity contribution is 6.04. The third kappa shape index (κ3) is 3.74. The SMILES string of the molecule is CC(Oc1ccc2c(c1)CC/C2=N\O)C(=O)NC(C)(C)C. The van der Waals surface area contributed by atoms with Crippen molar-refractivity contribution in [2.75, 3.05) is 0 Å². The number of hydrogen-bond donors (Lipinski definition) is 2. The zero-order valence-corrected chi connectivity index (χ0v) is 12.9. The molecule has 0 aromatic heterocycles. The van der Waals surface area contributed by atoms with Crippen LogP contribution in [0.25, 0.3) is 0 Å². The number of amides is 1. The molecule has 5 heteroatoms. The van der Waals surface area contributed by atoms with E-state index in [1.807, 2.05) is 32.9 Å². The molecule has 1 aliphatic carbocycles. The van der Waals surface area contributed by atoms with Crippen LogP contribution in [0.15, 0.2) is 23.4 Å². The van der Waals surface area contributed by atoms with Gasteiger partial charge in [0, 0.05) is 11.1 Å². The number of benzene rings is 1. The van der Waals surface area contributed by atoms with Crippen molar-refractivity contribution in [3.8, 4) is 5.75 Å². The summed E-state index contributed by atoms with van der Waals surface area (Å²) in [7, 11) is 0. The highest BCUT2D eigenvalue weighted by Gasteiger charge is 2.22. The van der Waals surface area contributed by atoms with Crippen LogP contribution in [0.5, 0.6) is 5.75 Å². The fraction of sp³-hybridized carbons (Fsp3) is 0.500.